The third-order valence-corrected chi connectivity index (χ3v) is 3.45. The minimum absolute atomic E-state index is 0.0469. The van der Waals surface area contributed by atoms with Gasteiger partial charge in [-0.25, -0.2) is 4.79 Å². The maximum atomic E-state index is 11.9. The van der Waals surface area contributed by atoms with Crippen LogP contribution in [0.1, 0.15) is 17.4 Å². The number of carbonyl (C=O) groups is 1. The number of nitrogens with one attached hydrogen (secondary N) is 2. The van der Waals surface area contributed by atoms with Crippen molar-refractivity contribution in [3.05, 3.63) is 41.7 Å². The summed E-state index contributed by atoms with van der Waals surface area (Å²) in [4.78, 5) is 14.0. The molecule has 7 heteroatoms. The van der Waals surface area contributed by atoms with Crippen molar-refractivity contribution < 1.29 is 14.1 Å². The van der Waals surface area contributed by atoms with E-state index in [1.165, 1.54) is 0 Å². The first-order chi connectivity index (χ1) is 11.0. The Balaban J connectivity index is 1.94. The molecule has 0 aliphatic rings. The van der Waals surface area contributed by atoms with Gasteiger partial charge in [-0.1, -0.05) is 17.3 Å². The maximum absolute atomic E-state index is 11.9. The van der Waals surface area contributed by atoms with E-state index in [4.69, 9.17) is 9.26 Å². The number of hydrogen-bond acceptors (Lipinski definition) is 5. The van der Waals surface area contributed by atoms with Crippen LogP contribution in [0.25, 0.3) is 0 Å². The first-order valence-corrected chi connectivity index (χ1v) is 7.28. The van der Waals surface area contributed by atoms with Crippen LogP contribution in [0.2, 0.25) is 0 Å². The molecule has 1 aromatic carbocycles. The van der Waals surface area contributed by atoms with Crippen molar-refractivity contribution in [3.63, 3.8) is 0 Å². The number of rotatable bonds is 6. The second kappa shape index (κ2) is 7.64. The third kappa shape index (κ3) is 4.72. The molecule has 1 atom stereocenters. The van der Waals surface area contributed by atoms with Gasteiger partial charge in [0, 0.05) is 12.6 Å². The smallest absolute Gasteiger partial charge is 0.320 e. The Labute approximate surface area is 135 Å². The minimum Gasteiger partial charge on any atom is -0.497 e. The lowest BCUT2D eigenvalue weighted by Gasteiger charge is -2.25. The molecule has 1 unspecified atom stereocenters. The zero-order valence-corrected chi connectivity index (χ0v) is 13.8. The van der Waals surface area contributed by atoms with E-state index in [-0.39, 0.29) is 12.1 Å². The fourth-order valence-corrected chi connectivity index (χ4v) is 2.20. The van der Waals surface area contributed by atoms with Crippen LogP contribution in [0, 0.1) is 6.92 Å². The Morgan fingerprint density at radius 3 is 2.57 bits per heavy atom. The second-order valence-electron chi connectivity index (χ2n) is 5.41. The van der Waals surface area contributed by atoms with E-state index in [1.54, 1.807) is 20.1 Å². The van der Waals surface area contributed by atoms with Crippen molar-refractivity contribution in [2.75, 3.05) is 33.1 Å². The number of benzene rings is 1. The highest BCUT2D eigenvalue weighted by atomic mass is 16.5. The normalized spacial score (nSPS) is 12.0. The summed E-state index contributed by atoms with van der Waals surface area (Å²) >= 11 is 0. The summed E-state index contributed by atoms with van der Waals surface area (Å²) in [6, 6.07) is 9.18. The monoisotopic (exact) mass is 318 g/mol. The Morgan fingerprint density at radius 2 is 2.04 bits per heavy atom. The van der Waals surface area contributed by atoms with Gasteiger partial charge in [0.1, 0.15) is 11.5 Å². The molecule has 2 rings (SSSR count). The summed E-state index contributed by atoms with van der Waals surface area (Å²) in [6.45, 7) is 2.23. The lowest BCUT2D eigenvalue weighted by atomic mass is 10.1. The van der Waals surface area contributed by atoms with Gasteiger partial charge >= 0.3 is 6.03 Å². The molecule has 0 fully saturated rings. The molecule has 1 heterocycles. The molecule has 0 radical (unpaired) electrons. The largest absolute Gasteiger partial charge is 0.497 e. The molecule has 2 amide bonds. The van der Waals surface area contributed by atoms with Gasteiger partial charge in [-0.05, 0) is 38.7 Å². The van der Waals surface area contributed by atoms with E-state index in [9.17, 15) is 4.79 Å². The Hall–Kier alpha value is -2.54. The number of likely N-dealkylation sites (N-methyl/N-ethyl adjacent to an activating group) is 1. The summed E-state index contributed by atoms with van der Waals surface area (Å²) in [7, 11) is 5.57. The Morgan fingerprint density at radius 1 is 1.35 bits per heavy atom. The van der Waals surface area contributed by atoms with E-state index < -0.39 is 0 Å². The molecule has 0 bridgehead atoms. The van der Waals surface area contributed by atoms with Crippen molar-refractivity contribution >= 4 is 11.8 Å². The predicted octanol–water partition coefficient (Wildman–Crippen LogP) is 2.42. The van der Waals surface area contributed by atoms with Crippen molar-refractivity contribution in [1.82, 2.24) is 15.4 Å². The van der Waals surface area contributed by atoms with Crippen LogP contribution >= 0.6 is 0 Å². The number of aromatic nitrogens is 1. The summed E-state index contributed by atoms with van der Waals surface area (Å²) in [5.41, 5.74) is 1.09. The minimum atomic E-state index is -0.321. The van der Waals surface area contributed by atoms with Crippen LogP contribution < -0.4 is 15.4 Å². The molecular weight excluding hydrogens is 296 g/mol. The molecule has 23 heavy (non-hydrogen) atoms. The van der Waals surface area contributed by atoms with Crippen molar-refractivity contribution in [2.24, 2.45) is 0 Å². The van der Waals surface area contributed by atoms with Crippen molar-refractivity contribution in [1.29, 1.82) is 0 Å². The van der Waals surface area contributed by atoms with Gasteiger partial charge in [-0.2, -0.15) is 0 Å². The summed E-state index contributed by atoms with van der Waals surface area (Å²) < 4.78 is 10.1. The molecule has 0 spiro atoms. The molecule has 1 aromatic heterocycles. The molecule has 7 nitrogen and oxygen atoms in total. The van der Waals surface area contributed by atoms with Gasteiger partial charge in [0.05, 0.1) is 13.2 Å². The predicted molar refractivity (Wildman–Crippen MR) is 87.7 cm³/mol. The van der Waals surface area contributed by atoms with Crippen molar-refractivity contribution in [3.8, 4) is 5.75 Å². The van der Waals surface area contributed by atoms with Crippen LogP contribution in [0.15, 0.2) is 34.9 Å². The number of aryl methyl sites for hydroxylation is 1. The molecule has 2 N–H and O–H groups in total. The topological polar surface area (TPSA) is 79.6 Å². The molecule has 124 valence electrons. The lowest BCUT2D eigenvalue weighted by molar-refractivity contribution is 0.243. The second-order valence-corrected chi connectivity index (χ2v) is 5.41. The summed E-state index contributed by atoms with van der Waals surface area (Å²) in [6.07, 6.45) is 0. The van der Waals surface area contributed by atoms with E-state index in [0.29, 0.717) is 18.1 Å². The maximum Gasteiger partial charge on any atom is 0.320 e. The number of ether oxygens (including phenoxy) is 1. The number of hydrogen-bond donors (Lipinski definition) is 2. The van der Waals surface area contributed by atoms with Gasteiger partial charge in [-0.3, -0.25) is 5.32 Å². The number of amides is 2. The van der Waals surface area contributed by atoms with Gasteiger partial charge < -0.3 is 19.5 Å². The average Bonchev–Trinajstić information content (AvgIpc) is 2.92. The molecule has 0 aliphatic carbocycles. The number of nitrogens with zero attached hydrogens (tertiary/aromatic N) is 2. The number of urea groups is 1. The Kier molecular flexibility index (Phi) is 5.59. The first-order valence-electron chi connectivity index (χ1n) is 7.28. The van der Waals surface area contributed by atoms with Crippen LogP contribution in [-0.4, -0.2) is 43.8 Å². The average molecular weight is 318 g/mol. The van der Waals surface area contributed by atoms with Gasteiger partial charge in [0.2, 0.25) is 0 Å². The molecule has 0 saturated heterocycles. The zero-order chi connectivity index (χ0) is 16.8. The van der Waals surface area contributed by atoms with Gasteiger partial charge in [0.15, 0.2) is 5.82 Å². The van der Waals surface area contributed by atoms with Gasteiger partial charge in [-0.15, -0.1) is 0 Å². The third-order valence-electron chi connectivity index (χ3n) is 3.45. The number of carbonyl (C=O) groups excluding carboxylic acids is 1. The fraction of sp³-hybridized carbons (Fsp3) is 0.375. The highest BCUT2D eigenvalue weighted by molar-refractivity contribution is 5.88. The number of anilines is 1. The highest BCUT2D eigenvalue weighted by Gasteiger charge is 2.16. The van der Waals surface area contributed by atoms with Crippen LogP contribution in [-0.2, 0) is 0 Å². The molecule has 2 aromatic rings. The van der Waals surface area contributed by atoms with Gasteiger partial charge in [0.25, 0.3) is 0 Å². The van der Waals surface area contributed by atoms with E-state index in [1.807, 2.05) is 43.3 Å². The number of methoxy groups -OCH3 is 1. The standard InChI is InChI=1S/C16H22N4O3/c1-11-9-15(19-23-11)18-16(21)17-10-14(20(2)3)12-5-7-13(22-4)8-6-12/h5-9,14H,10H2,1-4H3,(H2,17,18,19,21). The van der Waals surface area contributed by atoms with Crippen LogP contribution in [0.5, 0.6) is 5.75 Å². The summed E-state index contributed by atoms with van der Waals surface area (Å²) in [5.74, 6) is 1.84. The van der Waals surface area contributed by atoms with Crippen LogP contribution in [0.4, 0.5) is 10.6 Å². The SMILES string of the molecule is COc1ccc(C(CNC(=O)Nc2cc(C)on2)N(C)C)cc1. The highest BCUT2D eigenvalue weighted by Crippen LogP contribution is 2.20. The Bertz CT molecular complexity index is 637. The van der Waals surface area contributed by atoms with Crippen molar-refractivity contribution in [2.45, 2.75) is 13.0 Å². The molecule has 0 saturated carbocycles. The molecule has 0 aliphatic heterocycles. The molecular formula is C16H22N4O3. The fourth-order valence-electron chi connectivity index (χ4n) is 2.20. The first kappa shape index (κ1) is 16.8. The zero-order valence-electron chi connectivity index (χ0n) is 13.8. The lowest BCUT2D eigenvalue weighted by Crippen LogP contribution is -2.36. The van der Waals surface area contributed by atoms with Crippen LogP contribution in [0.3, 0.4) is 0 Å². The van der Waals surface area contributed by atoms with E-state index >= 15 is 0 Å². The quantitative estimate of drug-likeness (QED) is 0.855. The van der Waals surface area contributed by atoms with E-state index in [2.05, 4.69) is 15.8 Å². The van der Waals surface area contributed by atoms with E-state index in [0.717, 1.165) is 11.3 Å². The summed E-state index contributed by atoms with van der Waals surface area (Å²) in [5, 5.41) is 9.20.